The molecule has 0 aromatic heterocycles. The van der Waals surface area contributed by atoms with Crippen LogP contribution in [0.4, 0.5) is 13.2 Å². The van der Waals surface area contributed by atoms with E-state index in [9.17, 15) is 26.4 Å². The van der Waals surface area contributed by atoms with E-state index in [1.807, 2.05) is 0 Å². The molecule has 1 saturated heterocycles. The molecule has 0 spiro atoms. The zero-order valence-electron chi connectivity index (χ0n) is 18.6. The van der Waals surface area contributed by atoms with Crippen molar-refractivity contribution in [3.63, 3.8) is 0 Å². The Labute approximate surface area is 193 Å². The van der Waals surface area contributed by atoms with E-state index < -0.39 is 21.8 Å². The third kappa shape index (κ3) is 4.43. The van der Waals surface area contributed by atoms with Crippen molar-refractivity contribution in [2.75, 3.05) is 19.6 Å². The molecule has 0 radical (unpaired) electrons. The van der Waals surface area contributed by atoms with Gasteiger partial charge in [-0.15, -0.1) is 0 Å². The second-order valence-corrected chi connectivity index (χ2v) is 12.7. The lowest BCUT2D eigenvalue weighted by Crippen LogP contribution is -2.54. The van der Waals surface area contributed by atoms with E-state index in [0.29, 0.717) is 43.2 Å². The molecule has 4 aliphatic carbocycles. The SMILES string of the molecule is O=C(NCC1CCN(S(=O)(=O)c2cccc(C(F)(F)F)c2)CC1)C12CC3CC(CC(C3)C1)C2. The van der Waals surface area contributed by atoms with Crippen LogP contribution < -0.4 is 5.32 Å². The third-order valence-electron chi connectivity index (χ3n) is 8.44. The maximum absolute atomic E-state index is 13.2. The summed E-state index contributed by atoms with van der Waals surface area (Å²) >= 11 is 0. The minimum atomic E-state index is -4.59. The maximum Gasteiger partial charge on any atom is 0.416 e. The van der Waals surface area contributed by atoms with Gasteiger partial charge in [0.15, 0.2) is 0 Å². The van der Waals surface area contributed by atoms with Crippen LogP contribution in [0, 0.1) is 29.1 Å². The summed E-state index contributed by atoms with van der Waals surface area (Å²) in [6.07, 6.45) is 3.46. The van der Waals surface area contributed by atoms with Crippen LogP contribution in [-0.4, -0.2) is 38.3 Å². The highest BCUT2D eigenvalue weighted by Crippen LogP contribution is 2.60. The molecule has 1 N–H and O–H groups in total. The first-order chi connectivity index (χ1) is 15.5. The monoisotopic (exact) mass is 484 g/mol. The maximum atomic E-state index is 13.2. The molecule has 5 nitrogen and oxygen atoms in total. The first-order valence-electron chi connectivity index (χ1n) is 12.0. The van der Waals surface area contributed by atoms with Gasteiger partial charge in [0.2, 0.25) is 15.9 Å². The van der Waals surface area contributed by atoms with Crippen LogP contribution in [0.1, 0.15) is 56.9 Å². The Hall–Kier alpha value is -1.61. The van der Waals surface area contributed by atoms with Gasteiger partial charge in [-0.25, -0.2) is 8.42 Å². The Morgan fingerprint density at radius 2 is 1.61 bits per heavy atom. The zero-order valence-corrected chi connectivity index (χ0v) is 19.4. The number of carbonyl (C=O) groups is 1. The number of benzene rings is 1. The molecular formula is C24H31F3N2O3S. The lowest BCUT2D eigenvalue weighted by molar-refractivity contribution is -0.146. The molecule has 4 bridgehead atoms. The normalized spacial score (nSPS) is 32.8. The number of sulfonamides is 1. The van der Waals surface area contributed by atoms with Crippen molar-refractivity contribution >= 4 is 15.9 Å². The summed E-state index contributed by atoms with van der Waals surface area (Å²) in [5, 5.41) is 3.19. The topological polar surface area (TPSA) is 66.5 Å². The first kappa shape index (κ1) is 23.1. The highest BCUT2D eigenvalue weighted by atomic mass is 32.2. The number of carbonyl (C=O) groups excluding carboxylic acids is 1. The summed E-state index contributed by atoms with van der Waals surface area (Å²) < 4.78 is 66.0. The van der Waals surface area contributed by atoms with Gasteiger partial charge in [-0.3, -0.25) is 4.79 Å². The van der Waals surface area contributed by atoms with Gasteiger partial charge in [0, 0.05) is 25.0 Å². The molecule has 4 saturated carbocycles. The molecule has 0 atom stereocenters. The molecule has 6 rings (SSSR count). The number of rotatable bonds is 5. The van der Waals surface area contributed by atoms with Crippen LogP contribution >= 0.6 is 0 Å². The van der Waals surface area contributed by atoms with E-state index in [1.54, 1.807) is 0 Å². The Kier molecular flexibility index (Phi) is 5.79. The summed E-state index contributed by atoms with van der Waals surface area (Å²) in [5.41, 5.74) is -1.16. The fourth-order valence-electron chi connectivity index (χ4n) is 7.15. The molecule has 5 aliphatic rings. The van der Waals surface area contributed by atoms with Gasteiger partial charge in [-0.1, -0.05) is 6.07 Å². The zero-order chi connectivity index (χ0) is 23.4. The molecule has 9 heteroatoms. The molecule has 1 aromatic carbocycles. The van der Waals surface area contributed by atoms with Gasteiger partial charge in [0.05, 0.1) is 10.5 Å². The molecule has 5 fully saturated rings. The van der Waals surface area contributed by atoms with E-state index in [2.05, 4.69) is 5.32 Å². The summed E-state index contributed by atoms with van der Waals surface area (Å²) in [6.45, 7) is 1.03. The number of piperidine rings is 1. The predicted octanol–water partition coefficient (Wildman–Crippen LogP) is 4.44. The molecule has 182 valence electrons. The minimum absolute atomic E-state index is 0.177. The number of nitrogens with one attached hydrogen (secondary N) is 1. The standard InChI is InChI=1S/C24H31F3N2O3S/c25-24(26,27)20-2-1-3-21(11-20)33(31,32)29-6-4-16(5-7-29)15-28-22(30)23-12-17-8-18(13-23)10-19(9-17)14-23/h1-3,11,16-19H,4-10,12-15H2,(H,28,30). The van der Waals surface area contributed by atoms with E-state index >= 15 is 0 Å². The fourth-order valence-corrected chi connectivity index (χ4v) is 8.67. The second kappa shape index (κ2) is 8.26. The molecule has 1 aliphatic heterocycles. The van der Waals surface area contributed by atoms with Gasteiger partial charge in [0.1, 0.15) is 0 Å². The average molecular weight is 485 g/mol. The largest absolute Gasteiger partial charge is 0.416 e. The molecule has 33 heavy (non-hydrogen) atoms. The van der Waals surface area contributed by atoms with E-state index in [1.165, 1.54) is 29.6 Å². The van der Waals surface area contributed by atoms with Crippen molar-refractivity contribution in [3.8, 4) is 0 Å². The van der Waals surface area contributed by atoms with Gasteiger partial charge in [0.25, 0.3) is 0 Å². The van der Waals surface area contributed by atoms with E-state index in [-0.39, 0.29) is 35.2 Å². The van der Waals surface area contributed by atoms with Crippen LogP contribution in [0.5, 0.6) is 0 Å². The Morgan fingerprint density at radius 3 is 2.15 bits per heavy atom. The summed E-state index contributed by atoms with van der Waals surface area (Å²) in [5.74, 6) is 2.46. The van der Waals surface area contributed by atoms with Crippen molar-refractivity contribution in [3.05, 3.63) is 29.8 Å². The van der Waals surface area contributed by atoms with Gasteiger partial charge in [-0.05, 0) is 93.2 Å². The van der Waals surface area contributed by atoms with Crippen LogP contribution in [0.2, 0.25) is 0 Å². The highest BCUT2D eigenvalue weighted by Gasteiger charge is 2.54. The number of halogens is 3. The average Bonchev–Trinajstić information content (AvgIpc) is 2.76. The van der Waals surface area contributed by atoms with Crippen molar-refractivity contribution < 1.29 is 26.4 Å². The van der Waals surface area contributed by atoms with Crippen LogP contribution in [0.3, 0.4) is 0 Å². The lowest BCUT2D eigenvalue weighted by atomic mass is 9.49. The summed E-state index contributed by atoms with van der Waals surface area (Å²) in [4.78, 5) is 12.8. The van der Waals surface area contributed by atoms with Gasteiger partial charge >= 0.3 is 6.18 Å². The van der Waals surface area contributed by atoms with E-state index in [4.69, 9.17) is 0 Å². The van der Waals surface area contributed by atoms with Crippen molar-refractivity contribution in [1.82, 2.24) is 9.62 Å². The fraction of sp³-hybridized carbons (Fsp3) is 0.708. The minimum Gasteiger partial charge on any atom is -0.355 e. The smallest absolute Gasteiger partial charge is 0.355 e. The summed E-state index contributed by atoms with van der Waals surface area (Å²) in [7, 11) is -3.98. The number of alkyl halides is 3. The molecular weight excluding hydrogens is 453 g/mol. The summed E-state index contributed by atoms with van der Waals surface area (Å²) in [6, 6.07) is 3.91. The number of hydrogen-bond donors (Lipinski definition) is 1. The molecule has 0 unspecified atom stereocenters. The predicted molar refractivity (Wildman–Crippen MR) is 117 cm³/mol. The first-order valence-corrected chi connectivity index (χ1v) is 13.4. The van der Waals surface area contributed by atoms with Gasteiger partial charge < -0.3 is 5.32 Å². The van der Waals surface area contributed by atoms with Crippen molar-refractivity contribution in [2.45, 2.75) is 62.4 Å². The highest BCUT2D eigenvalue weighted by molar-refractivity contribution is 7.89. The van der Waals surface area contributed by atoms with Crippen molar-refractivity contribution in [1.29, 1.82) is 0 Å². The number of amides is 1. The quantitative estimate of drug-likeness (QED) is 0.672. The third-order valence-corrected chi connectivity index (χ3v) is 10.3. The number of hydrogen-bond acceptors (Lipinski definition) is 3. The Morgan fingerprint density at radius 1 is 1.03 bits per heavy atom. The second-order valence-electron chi connectivity index (χ2n) is 10.8. The van der Waals surface area contributed by atoms with Crippen LogP contribution in [-0.2, 0) is 21.0 Å². The van der Waals surface area contributed by atoms with Gasteiger partial charge in [-0.2, -0.15) is 17.5 Å². The Balaban J connectivity index is 1.16. The van der Waals surface area contributed by atoms with Crippen LogP contribution in [0.25, 0.3) is 0 Å². The van der Waals surface area contributed by atoms with Crippen LogP contribution in [0.15, 0.2) is 29.2 Å². The molecule has 1 aromatic rings. The number of nitrogens with zero attached hydrogens (tertiary/aromatic N) is 1. The molecule has 1 amide bonds. The van der Waals surface area contributed by atoms with Crippen molar-refractivity contribution in [2.24, 2.45) is 29.1 Å². The molecule has 1 heterocycles. The Bertz CT molecular complexity index is 981. The van der Waals surface area contributed by atoms with E-state index in [0.717, 1.165) is 31.4 Å². The lowest BCUT2D eigenvalue weighted by Gasteiger charge is -2.55.